The molecule has 2 aromatic heterocycles. The Morgan fingerprint density at radius 3 is 2.62 bits per heavy atom. The Kier molecular flexibility index (Phi) is 3.70. The maximum Gasteiger partial charge on any atom is 0.258 e. The predicted molar refractivity (Wildman–Crippen MR) is 99.9 cm³/mol. The van der Waals surface area contributed by atoms with Gasteiger partial charge in [0.15, 0.2) is 0 Å². The van der Waals surface area contributed by atoms with E-state index >= 15 is 0 Å². The first-order valence-electron chi connectivity index (χ1n) is 9.03. The summed E-state index contributed by atoms with van der Waals surface area (Å²) in [5.74, 6) is 2.01. The second-order valence-electron chi connectivity index (χ2n) is 6.75. The number of rotatable bonds is 4. The molecule has 2 aromatic carbocycles. The predicted octanol–water partition coefficient (Wildman–Crippen LogP) is 5.21. The first kappa shape index (κ1) is 15.2. The molecule has 2 heterocycles. The fraction of sp³-hybridized carbons (Fsp3) is 0.238. The summed E-state index contributed by atoms with van der Waals surface area (Å²) in [6.07, 6.45) is 7.12. The molecular formula is C21H19N3O2. The molecule has 5 rings (SSSR count). The monoisotopic (exact) mass is 345 g/mol. The van der Waals surface area contributed by atoms with Crippen molar-refractivity contribution < 1.29 is 9.26 Å². The second-order valence-corrected chi connectivity index (χ2v) is 6.75. The number of nitrogens with zero attached hydrogens (tertiary/aromatic N) is 2. The van der Waals surface area contributed by atoms with Crippen LogP contribution < -0.4 is 4.74 Å². The molecule has 5 nitrogen and oxygen atoms in total. The van der Waals surface area contributed by atoms with Crippen LogP contribution in [0.3, 0.4) is 0 Å². The molecule has 0 aliphatic heterocycles. The molecule has 0 amide bonds. The number of nitrogens with one attached hydrogen (secondary N) is 1. The van der Waals surface area contributed by atoms with Crippen LogP contribution in [0.2, 0.25) is 0 Å². The van der Waals surface area contributed by atoms with Crippen molar-refractivity contribution >= 4 is 10.9 Å². The number of hydrogen-bond acceptors (Lipinski definition) is 4. The molecule has 0 radical (unpaired) electrons. The molecule has 1 N–H and O–H groups in total. The highest BCUT2D eigenvalue weighted by Crippen LogP contribution is 2.28. The SMILES string of the molecule is c1cc2cc(-c3nc(-c4ccc(OC5CCCC5)cc4)no3)ccc2[nH]1. The normalized spacial score (nSPS) is 14.9. The molecule has 4 aromatic rings. The molecule has 5 heteroatoms. The van der Waals surface area contributed by atoms with Crippen LogP contribution in [0.5, 0.6) is 5.75 Å². The molecule has 1 aliphatic carbocycles. The van der Waals surface area contributed by atoms with Crippen molar-refractivity contribution in [2.75, 3.05) is 0 Å². The number of fused-ring (bicyclic) bond motifs is 1. The van der Waals surface area contributed by atoms with Gasteiger partial charge >= 0.3 is 0 Å². The van der Waals surface area contributed by atoms with Gasteiger partial charge in [-0.1, -0.05) is 5.16 Å². The topological polar surface area (TPSA) is 63.9 Å². The van der Waals surface area contributed by atoms with E-state index < -0.39 is 0 Å². The molecule has 0 spiro atoms. The van der Waals surface area contributed by atoms with Gasteiger partial charge in [-0.05, 0) is 74.2 Å². The number of aromatic nitrogens is 3. The minimum Gasteiger partial charge on any atom is -0.490 e. The van der Waals surface area contributed by atoms with E-state index in [4.69, 9.17) is 9.26 Å². The van der Waals surface area contributed by atoms with Crippen LogP contribution in [0.4, 0.5) is 0 Å². The molecule has 0 atom stereocenters. The van der Waals surface area contributed by atoms with Crippen molar-refractivity contribution in [3.8, 4) is 28.6 Å². The minimum absolute atomic E-state index is 0.362. The van der Waals surface area contributed by atoms with Crippen molar-refractivity contribution in [2.45, 2.75) is 31.8 Å². The van der Waals surface area contributed by atoms with Gasteiger partial charge in [0.25, 0.3) is 5.89 Å². The van der Waals surface area contributed by atoms with Crippen LogP contribution in [0, 0.1) is 0 Å². The van der Waals surface area contributed by atoms with Crippen LogP contribution in [0.1, 0.15) is 25.7 Å². The third kappa shape index (κ3) is 2.86. The largest absolute Gasteiger partial charge is 0.490 e. The van der Waals surface area contributed by atoms with Gasteiger partial charge in [0.1, 0.15) is 5.75 Å². The Morgan fingerprint density at radius 1 is 0.962 bits per heavy atom. The Labute approximate surface area is 151 Å². The van der Waals surface area contributed by atoms with E-state index in [9.17, 15) is 0 Å². The summed E-state index contributed by atoms with van der Waals surface area (Å²) in [7, 11) is 0. The summed E-state index contributed by atoms with van der Waals surface area (Å²) in [6, 6.07) is 16.0. The van der Waals surface area contributed by atoms with Gasteiger partial charge in [0.2, 0.25) is 5.82 Å². The minimum atomic E-state index is 0.362. The molecular weight excluding hydrogens is 326 g/mol. The summed E-state index contributed by atoms with van der Waals surface area (Å²) in [4.78, 5) is 7.73. The number of ether oxygens (including phenoxy) is 1. The van der Waals surface area contributed by atoms with Gasteiger partial charge in [0.05, 0.1) is 6.10 Å². The van der Waals surface area contributed by atoms with E-state index in [-0.39, 0.29) is 0 Å². The summed E-state index contributed by atoms with van der Waals surface area (Å²) in [5.41, 5.74) is 2.92. The zero-order valence-corrected chi connectivity index (χ0v) is 14.3. The smallest absolute Gasteiger partial charge is 0.258 e. The first-order chi connectivity index (χ1) is 12.8. The lowest BCUT2D eigenvalue weighted by Gasteiger charge is -2.12. The Hall–Kier alpha value is -3.08. The van der Waals surface area contributed by atoms with Crippen LogP contribution in [-0.2, 0) is 0 Å². The van der Waals surface area contributed by atoms with Crippen molar-refractivity contribution in [1.82, 2.24) is 15.1 Å². The van der Waals surface area contributed by atoms with E-state index in [2.05, 4.69) is 15.1 Å². The van der Waals surface area contributed by atoms with Crippen LogP contribution in [0.15, 0.2) is 59.3 Å². The second kappa shape index (κ2) is 6.33. The Morgan fingerprint density at radius 2 is 1.77 bits per heavy atom. The number of hydrogen-bond donors (Lipinski definition) is 1. The highest BCUT2D eigenvalue weighted by molar-refractivity contribution is 5.83. The maximum atomic E-state index is 6.01. The zero-order chi connectivity index (χ0) is 17.3. The van der Waals surface area contributed by atoms with E-state index in [1.165, 1.54) is 12.8 Å². The molecule has 26 heavy (non-hydrogen) atoms. The lowest BCUT2D eigenvalue weighted by molar-refractivity contribution is 0.210. The fourth-order valence-corrected chi connectivity index (χ4v) is 3.53. The number of benzene rings is 2. The average molecular weight is 345 g/mol. The molecule has 1 aliphatic rings. The summed E-state index contributed by atoms with van der Waals surface area (Å²) in [5, 5.41) is 5.25. The van der Waals surface area contributed by atoms with Crippen molar-refractivity contribution in [3.05, 3.63) is 54.7 Å². The lowest BCUT2D eigenvalue weighted by atomic mass is 10.1. The van der Waals surface area contributed by atoms with Gasteiger partial charge in [-0.25, -0.2) is 0 Å². The van der Waals surface area contributed by atoms with Gasteiger partial charge in [-0.15, -0.1) is 0 Å². The summed E-state index contributed by atoms with van der Waals surface area (Å²) < 4.78 is 11.5. The van der Waals surface area contributed by atoms with E-state index in [0.717, 1.165) is 40.6 Å². The Balaban J connectivity index is 1.37. The van der Waals surface area contributed by atoms with Gasteiger partial charge in [0, 0.05) is 28.2 Å². The zero-order valence-electron chi connectivity index (χ0n) is 14.3. The molecule has 1 fully saturated rings. The third-order valence-corrected chi connectivity index (χ3v) is 4.94. The van der Waals surface area contributed by atoms with E-state index in [0.29, 0.717) is 17.8 Å². The highest BCUT2D eigenvalue weighted by atomic mass is 16.5. The van der Waals surface area contributed by atoms with Crippen LogP contribution in [0.25, 0.3) is 33.7 Å². The summed E-state index contributed by atoms with van der Waals surface area (Å²) in [6.45, 7) is 0. The van der Waals surface area contributed by atoms with Crippen molar-refractivity contribution in [3.63, 3.8) is 0 Å². The van der Waals surface area contributed by atoms with E-state index in [1.807, 2.05) is 54.7 Å². The first-order valence-corrected chi connectivity index (χ1v) is 9.03. The molecule has 0 unspecified atom stereocenters. The van der Waals surface area contributed by atoms with Gasteiger partial charge < -0.3 is 14.2 Å². The standard InChI is InChI=1S/C21H19N3O2/c1-2-4-17(3-1)25-18-8-5-14(6-9-18)20-23-21(26-24-20)16-7-10-19-15(13-16)11-12-22-19/h5-13,17,22H,1-4H2. The fourth-order valence-electron chi connectivity index (χ4n) is 3.53. The van der Waals surface area contributed by atoms with Crippen molar-refractivity contribution in [1.29, 1.82) is 0 Å². The van der Waals surface area contributed by atoms with Crippen molar-refractivity contribution in [2.24, 2.45) is 0 Å². The number of aromatic amines is 1. The highest BCUT2D eigenvalue weighted by Gasteiger charge is 2.17. The molecule has 0 saturated heterocycles. The lowest BCUT2D eigenvalue weighted by Crippen LogP contribution is -2.10. The van der Waals surface area contributed by atoms with Crippen LogP contribution >= 0.6 is 0 Å². The average Bonchev–Trinajstić information content (AvgIpc) is 3.43. The number of H-pyrrole nitrogens is 1. The van der Waals surface area contributed by atoms with Crippen LogP contribution in [-0.4, -0.2) is 21.2 Å². The molecule has 0 bridgehead atoms. The van der Waals surface area contributed by atoms with E-state index in [1.54, 1.807) is 0 Å². The third-order valence-electron chi connectivity index (χ3n) is 4.94. The van der Waals surface area contributed by atoms with Gasteiger partial charge in [-0.3, -0.25) is 0 Å². The maximum absolute atomic E-state index is 6.01. The quantitative estimate of drug-likeness (QED) is 0.552. The Bertz CT molecular complexity index is 1030. The summed E-state index contributed by atoms with van der Waals surface area (Å²) >= 11 is 0. The molecule has 130 valence electrons. The van der Waals surface area contributed by atoms with Gasteiger partial charge in [-0.2, -0.15) is 4.98 Å². The molecule has 1 saturated carbocycles.